The zero-order valence-corrected chi connectivity index (χ0v) is 23.2. The van der Waals surface area contributed by atoms with E-state index in [2.05, 4.69) is 39.7 Å². The first-order valence-electron chi connectivity index (χ1n) is 12.2. The van der Waals surface area contributed by atoms with Crippen molar-refractivity contribution in [1.29, 1.82) is 5.41 Å². The van der Waals surface area contributed by atoms with Crippen LogP contribution in [0.1, 0.15) is 68.9 Å². The average Bonchev–Trinajstić information content (AvgIpc) is 3.12. The summed E-state index contributed by atoms with van der Waals surface area (Å²) in [5.41, 5.74) is 3.23. The van der Waals surface area contributed by atoms with Crippen molar-refractivity contribution < 1.29 is 19.0 Å². The summed E-state index contributed by atoms with van der Waals surface area (Å²) in [6.07, 6.45) is 3.64. The predicted octanol–water partition coefficient (Wildman–Crippen LogP) is 5.12. The van der Waals surface area contributed by atoms with Gasteiger partial charge in [-0.2, -0.15) is 4.52 Å². The second-order valence-corrected chi connectivity index (χ2v) is 9.86. The normalized spacial score (nSPS) is 11.6. The number of ketones is 1. The minimum absolute atomic E-state index is 0. The van der Waals surface area contributed by atoms with Gasteiger partial charge in [-0.25, -0.2) is 0 Å². The van der Waals surface area contributed by atoms with Gasteiger partial charge in [0.05, 0.1) is 24.8 Å². The van der Waals surface area contributed by atoms with E-state index in [1.54, 1.807) is 23.9 Å². The summed E-state index contributed by atoms with van der Waals surface area (Å²) in [4.78, 5) is 13.3. The zero-order chi connectivity index (χ0) is 25.8. The molecule has 0 fully saturated rings. The van der Waals surface area contributed by atoms with Crippen LogP contribution in [0.2, 0.25) is 0 Å². The molecule has 0 atom stereocenters. The van der Waals surface area contributed by atoms with Gasteiger partial charge < -0.3 is 18.8 Å². The SMILES string of the molecule is CCC(CC)Oc1cc(C)c2cn(CC(=O)c3cc(OCCOC)cc(C(C)(C)C)c3)c(=N)n2n1.Cl. The van der Waals surface area contributed by atoms with Crippen molar-refractivity contribution in [2.75, 3.05) is 20.3 Å². The maximum atomic E-state index is 13.3. The Bertz CT molecular complexity index is 1240. The topological polar surface area (TPSA) is 90.8 Å². The standard InChI is InChI=1S/C27H38N4O4.ClH/c1-8-21(9-2)35-25-12-18(3)23-16-30(26(28)31(23)29-25)17-24(32)19-13-20(27(4,5)6)15-22(14-19)34-11-10-33-7;/h12-16,21,28H,8-11,17H2,1-7H3;1H. The van der Waals surface area contributed by atoms with E-state index in [-0.39, 0.29) is 41.9 Å². The molecule has 0 saturated heterocycles. The second-order valence-electron chi connectivity index (χ2n) is 9.86. The Balaban J connectivity index is 0.00000456. The predicted molar refractivity (Wildman–Crippen MR) is 143 cm³/mol. The minimum atomic E-state index is -0.152. The Morgan fingerprint density at radius 2 is 1.81 bits per heavy atom. The quantitative estimate of drug-likeness (QED) is 0.281. The van der Waals surface area contributed by atoms with Gasteiger partial charge in [-0.1, -0.05) is 34.6 Å². The molecular formula is C27H39ClN4O4. The van der Waals surface area contributed by atoms with Crippen LogP contribution in [0, 0.1) is 12.3 Å². The molecule has 0 bridgehead atoms. The first-order chi connectivity index (χ1) is 16.6. The molecular weight excluding hydrogens is 480 g/mol. The number of halogens is 1. The fourth-order valence-corrected chi connectivity index (χ4v) is 3.83. The van der Waals surface area contributed by atoms with Gasteiger partial charge >= 0.3 is 0 Å². The van der Waals surface area contributed by atoms with Crippen molar-refractivity contribution in [3.8, 4) is 11.6 Å². The molecule has 2 heterocycles. The lowest BCUT2D eigenvalue weighted by atomic mass is 9.85. The van der Waals surface area contributed by atoms with Gasteiger partial charge in [0.25, 0.3) is 0 Å². The van der Waals surface area contributed by atoms with E-state index in [0.29, 0.717) is 30.4 Å². The molecule has 0 saturated carbocycles. The molecule has 0 aliphatic heterocycles. The first kappa shape index (κ1) is 29.4. The molecule has 3 rings (SSSR count). The number of nitrogens with one attached hydrogen (secondary N) is 1. The number of aromatic nitrogens is 3. The zero-order valence-electron chi connectivity index (χ0n) is 22.4. The van der Waals surface area contributed by atoms with Crippen molar-refractivity contribution >= 4 is 23.7 Å². The smallest absolute Gasteiger partial charge is 0.232 e. The Labute approximate surface area is 219 Å². The Hall–Kier alpha value is -2.84. The fourth-order valence-electron chi connectivity index (χ4n) is 3.83. The molecule has 2 aromatic heterocycles. The fraction of sp³-hybridized carbons (Fsp3) is 0.519. The van der Waals surface area contributed by atoms with Crippen LogP contribution in [0.15, 0.2) is 30.5 Å². The van der Waals surface area contributed by atoms with Crippen LogP contribution in [-0.4, -0.2) is 46.4 Å². The summed E-state index contributed by atoms with van der Waals surface area (Å²) < 4.78 is 20.1. The van der Waals surface area contributed by atoms with Crippen molar-refractivity contribution in [3.63, 3.8) is 0 Å². The first-order valence-corrected chi connectivity index (χ1v) is 12.2. The van der Waals surface area contributed by atoms with Gasteiger partial charge in [0.15, 0.2) is 5.78 Å². The van der Waals surface area contributed by atoms with Crippen LogP contribution < -0.4 is 15.1 Å². The number of benzene rings is 1. The third-order valence-corrected chi connectivity index (χ3v) is 6.08. The molecule has 0 aliphatic carbocycles. The number of methoxy groups -OCH3 is 1. The lowest BCUT2D eigenvalue weighted by molar-refractivity contribution is 0.0969. The van der Waals surface area contributed by atoms with Gasteiger partial charge in [-0.05, 0) is 54.5 Å². The Kier molecular flexibility index (Phi) is 10.1. The van der Waals surface area contributed by atoms with Gasteiger partial charge in [0.1, 0.15) is 12.4 Å². The number of imidazole rings is 1. The van der Waals surface area contributed by atoms with E-state index in [9.17, 15) is 4.79 Å². The second kappa shape index (κ2) is 12.4. The Morgan fingerprint density at radius 1 is 1.11 bits per heavy atom. The van der Waals surface area contributed by atoms with Gasteiger partial charge in [-0.15, -0.1) is 17.5 Å². The highest BCUT2D eigenvalue weighted by atomic mass is 35.5. The van der Waals surface area contributed by atoms with Crippen LogP contribution in [-0.2, 0) is 16.7 Å². The molecule has 36 heavy (non-hydrogen) atoms. The number of hydrogen-bond acceptors (Lipinski definition) is 6. The third-order valence-electron chi connectivity index (χ3n) is 6.08. The maximum Gasteiger partial charge on any atom is 0.232 e. The number of aryl methyl sites for hydroxylation is 1. The lowest BCUT2D eigenvalue weighted by Crippen LogP contribution is -2.26. The van der Waals surface area contributed by atoms with E-state index in [1.165, 1.54) is 4.52 Å². The number of fused-ring (bicyclic) bond motifs is 1. The van der Waals surface area contributed by atoms with E-state index in [0.717, 1.165) is 29.5 Å². The molecule has 0 amide bonds. The van der Waals surface area contributed by atoms with Crippen LogP contribution in [0.25, 0.3) is 5.52 Å². The van der Waals surface area contributed by atoms with E-state index >= 15 is 0 Å². The van der Waals surface area contributed by atoms with Crippen molar-refractivity contribution in [2.45, 2.75) is 72.4 Å². The maximum absolute atomic E-state index is 13.3. The Morgan fingerprint density at radius 3 is 2.42 bits per heavy atom. The van der Waals surface area contributed by atoms with Crippen molar-refractivity contribution in [3.05, 3.63) is 52.8 Å². The minimum Gasteiger partial charge on any atom is -0.491 e. The highest BCUT2D eigenvalue weighted by molar-refractivity contribution is 5.96. The van der Waals surface area contributed by atoms with Crippen LogP contribution in [0.4, 0.5) is 0 Å². The van der Waals surface area contributed by atoms with Crippen LogP contribution >= 0.6 is 12.4 Å². The number of hydrogen-bond donors (Lipinski definition) is 1. The number of ether oxygens (including phenoxy) is 3. The molecule has 0 radical (unpaired) electrons. The van der Waals surface area contributed by atoms with Crippen LogP contribution in [0.5, 0.6) is 11.6 Å². The summed E-state index contributed by atoms with van der Waals surface area (Å²) in [5, 5.41) is 13.2. The van der Waals surface area contributed by atoms with Gasteiger partial charge in [0.2, 0.25) is 11.5 Å². The lowest BCUT2D eigenvalue weighted by Gasteiger charge is -2.21. The monoisotopic (exact) mass is 518 g/mol. The van der Waals surface area contributed by atoms with Gasteiger partial charge in [0, 0.05) is 24.9 Å². The van der Waals surface area contributed by atoms with Crippen LogP contribution in [0.3, 0.4) is 0 Å². The molecule has 1 aromatic carbocycles. The number of nitrogens with zero attached hydrogens (tertiary/aromatic N) is 3. The number of carbonyl (C=O) groups is 1. The highest BCUT2D eigenvalue weighted by Crippen LogP contribution is 2.28. The number of carbonyl (C=O) groups excluding carboxylic acids is 1. The molecule has 0 unspecified atom stereocenters. The number of rotatable bonds is 11. The largest absolute Gasteiger partial charge is 0.491 e. The average molecular weight is 519 g/mol. The summed E-state index contributed by atoms with van der Waals surface area (Å²) in [6.45, 7) is 13.3. The molecule has 0 spiro atoms. The van der Waals surface area contributed by atoms with E-state index < -0.39 is 0 Å². The van der Waals surface area contributed by atoms with E-state index in [4.69, 9.17) is 19.6 Å². The third kappa shape index (κ3) is 6.89. The van der Waals surface area contributed by atoms with Crippen molar-refractivity contribution in [2.24, 2.45) is 0 Å². The summed E-state index contributed by atoms with van der Waals surface area (Å²) in [7, 11) is 1.62. The summed E-state index contributed by atoms with van der Waals surface area (Å²) in [6, 6.07) is 7.53. The molecule has 3 aromatic rings. The molecule has 8 nitrogen and oxygen atoms in total. The van der Waals surface area contributed by atoms with Crippen molar-refractivity contribution in [1.82, 2.24) is 14.2 Å². The summed E-state index contributed by atoms with van der Waals surface area (Å²) in [5.74, 6) is 1.02. The highest BCUT2D eigenvalue weighted by Gasteiger charge is 2.20. The molecule has 0 aliphatic rings. The summed E-state index contributed by atoms with van der Waals surface area (Å²) >= 11 is 0. The molecule has 1 N–H and O–H groups in total. The number of Topliss-reactive ketones (excluding diaryl/α,β-unsaturated/α-hetero) is 1. The van der Waals surface area contributed by atoms with E-state index in [1.807, 2.05) is 25.1 Å². The van der Waals surface area contributed by atoms with Gasteiger partial charge in [-0.3, -0.25) is 10.2 Å². The molecule has 198 valence electrons. The molecule has 9 heteroatoms.